The zero-order valence-electron chi connectivity index (χ0n) is 9.18. The first-order valence-electron chi connectivity index (χ1n) is 5.24. The maximum absolute atomic E-state index is 6.08. The van der Waals surface area contributed by atoms with Crippen molar-refractivity contribution in [3.8, 4) is 0 Å². The number of benzene rings is 1. The summed E-state index contributed by atoms with van der Waals surface area (Å²) in [6, 6.07) is 5.86. The molecule has 1 unspecified atom stereocenters. The molecule has 2 aromatic rings. The predicted octanol–water partition coefficient (Wildman–Crippen LogP) is 4.41. The predicted molar refractivity (Wildman–Crippen MR) is 68.3 cm³/mol. The molecule has 2 nitrogen and oxygen atoms in total. The van der Waals surface area contributed by atoms with Crippen molar-refractivity contribution in [1.82, 2.24) is 5.32 Å². The number of hydrogen-bond donors (Lipinski definition) is 1. The first-order chi connectivity index (χ1) is 7.63. The topological polar surface area (TPSA) is 25.2 Å². The summed E-state index contributed by atoms with van der Waals surface area (Å²) in [5.74, 6) is 0.876. The summed E-state index contributed by atoms with van der Waals surface area (Å²) in [5, 5.41) is 5.27. The number of halogens is 2. The van der Waals surface area contributed by atoms with Gasteiger partial charge in [0.15, 0.2) is 5.58 Å². The van der Waals surface area contributed by atoms with Gasteiger partial charge in [-0.3, -0.25) is 0 Å². The number of fused-ring (bicyclic) bond motifs is 1. The molecular formula is C12H13Cl2NO. The van der Waals surface area contributed by atoms with Crippen molar-refractivity contribution < 1.29 is 4.42 Å². The van der Waals surface area contributed by atoms with Gasteiger partial charge in [-0.15, -0.1) is 0 Å². The smallest absolute Gasteiger partial charge is 0.154 e. The average Bonchev–Trinajstić information content (AvgIpc) is 2.69. The summed E-state index contributed by atoms with van der Waals surface area (Å²) in [6.45, 7) is 5.01. The molecule has 0 aliphatic carbocycles. The first kappa shape index (κ1) is 11.8. The molecule has 16 heavy (non-hydrogen) atoms. The van der Waals surface area contributed by atoms with Crippen LogP contribution < -0.4 is 5.32 Å². The Balaban J connectivity index is 2.48. The minimum atomic E-state index is 0.173. The van der Waals surface area contributed by atoms with Gasteiger partial charge in [-0.1, -0.05) is 30.1 Å². The molecule has 4 heteroatoms. The van der Waals surface area contributed by atoms with Crippen LogP contribution in [0.25, 0.3) is 11.0 Å². The highest BCUT2D eigenvalue weighted by atomic mass is 35.5. The molecule has 1 atom stereocenters. The zero-order valence-corrected chi connectivity index (χ0v) is 10.7. The van der Waals surface area contributed by atoms with E-state index < -0.39 is 0 Å². The molecule has 1 aromatic heterocycles. The minimum absolute atomic E-state index is 0.173. The fourth-order valence-corrected chi connectivity index (χ4v) is 2.04. The second-order valence-corrected chi connectivity index (χ2v) is 4.49. The SMILES string of the molecule is CCNC(C)c1cc2ccc(Cl)c(Cl)c2o1. The second kappa shape index (κ2) is 4.66. The second-order valence-electron chi connectivity index (χ2n) is 3.71. The summed E-state index contributed by atoms with van der Waals surface area (Å²) in [7, 11) is 0. The van der Waals surface area contributed by atoms with Gasteiger partial charge in [0.05, 0.1) is 11.1 Å². The zero-order chi connectivity index (χ0) is 11.7. The van der Waals surface area contributed by atoms with Gasteiger partial charge in [-0.2, -0.15) is 0 Å². The first-order valence-corrected chi connectivity index (χ1v) is 6.00. The van der Waals surface area contributed by atoms with Gasteiger partial charge in [0.2, 0.25) is 0 Å². The molecule has 0 radical (unpaired) electrons. The number of hydrogen-bond acceptors (Lipinski definition) is 2. The van der Waals surface area contributed by atoms with Gasteiger partial charge in [-0.25, -0.2) is 0 Å². The van der Waals surface area contributed by atoms with Crippen molar-refractivity contribution in [2.75, 3.05) is 6.54 Å². The van der Waals surface area contributed by atoms with Gasteiger partial charge in [0.1, 0.15) is 10.8 Å². The molecule has 0 aliphatic rings. The van der Waals surface area contributed by atoms with Crippen LogP contribution in [0.1, 0.15) is 25.6 Å². The Kier molecular flexibility index (Phi) is 3.43. The van der Waals surface area contributed by atoms with Crippen LogP contribution >= 0.6 is 23.2 Å². The number of nitrogens with one attached hydrogen (secondary N) is 1. The largest absolute Gasteiger partial charge is 0.458 e. The van der Waals surface area contributed by atoms with E-state index in [1.54, 1.807) is 6.07 Å². The number of rotatable bonds is 3. The molecule has 0 saturated heterocycles. The Labute approximate surface area is 105 Å². The summed E-state index contributed by atoms with van der Waals surface area (Å²) in [4.78, 5) is 0. The van der Waals surface area contributed by atoms with Crippen LogP contribution in [-0.2, 0) is 0 Å². The Bertz CT molecular complexity index is 507. The molecule has 0 saturated carbocycles. The van der Waals surface area contributed by atoms with Crippen molar-refractivity contribution in [3.05, 3.63) is 34.0 Å². The van der Waals surface area contributed by atoms with E-state index in [1.807, 2.05) is 12.1 Å². The van der Waals surface area contributed by atoms with Crippen LogP contribution in [0.4, 0.5) is 0 Å². The van der Waals surface area contributed by atoms with E-state index in [0.717, 1.165) is 17.7 Å². The van der Waals surface area contributed by atoms with E-state index in [-0.39, 0.29) is 6.04 Å². The average molecular weight is 258 g/mol. The lowest BCUT2D eigenvalue weighted by Crippen LogP contribution is -2.16. The Morgan fingerprint density at radius 1 is 1.38 bits per heavy atom. The Morgan fingerprint density at radius 3 is 2.81 bits per heavy atom. The third kappa shape index (κ3) is 2.05. The number of furan rings is 1. The van der Waals surface area contributed by atoms with E-state index in [2.05, 4.69) is 19.2 Å². The van der Waals surface area contributed by atoms with Crippen molar-refractivity contribution in [3.63, 3.8) is 0 Å². The van der Waals surface area contributed by atoms with Gasteiger partial charge in [-0.05, 0) is 31.7 Å². The van der Waals surface area contributed by atoms with Crippen LogP contribution in [0.3, 0.4) is 0 Å². The highest BCUT2D eigenvalue weighted by Gasteiger charge is 2.13. The molecule has 1 heterocycles. The highest BCUT2D eigenvalue weighted by molar-refractivity contribution is 6.44. The van der Waals surface area contributed by atoms with E-state index in [9.17, 15) is 0 Å². The molecule has 0 amide bonds. The Morgan fingerprint density at radius 2 is 2.12 bits per heavy atom. The fourth-order valence-electron chi connectivity index (χ4n) is 1.69. The molecule has 0 fully saturated rings. The highest BCUT2D eigenvalue weighted by Crippen LogP contribution is 2.34. The maximum atomic E-state index is 6.08. The standard InChI is InChI=1S/C12H13Cl2NO/c1-3-15-7(2)10-6-8-4-5-9(13)11(14)12(8)16-10/h4-7,15H,3H2,1-2H3. The summed E-state index contributed by atoms with van der Waals surface area (Å²) in [5.41, 5.74) is 0.661. The fraction of sp³-hybridized carbons (Fsp3) is 0.333. The van der Waals surface area contributed by atoms with Crippen molar-refractivity contribution >= 4 is 34.2 Å². The van der Waals surface area contributed by atoms with E-state index >= 15 is 0 Å². The minimum Gasteiger partial charge on any atom is -0.458 e. The molecule has 86 valence electrons. The van der Waals surface area contributed by atoms with Gasteiger partial charge in [0, 0.05) is 5.39 Å². The van der Waals surface area contributed by atoms with Crippen molar-refractivity contribution in [2.24, 2.45) is 0 Å². The van der Waals surface area contributed by atoms with Crippen molar-refractivity contribution in [1.29, 1.82) is 0 Å². The van der Waals surface area contributed by atoms with Crippen LogP contribution in [-0.4, -0.2) is 6.54 Å². The molecular weight excluding hydrogens is 245 g/mol. The summed E-state index contributed by atoms with van der Waals surface area (Å²) >= 11 is 12.0. The molecule has 1 aromatic carbocycles. The van der Waals surface area contributed by atoms with Gasteiger partial charge < -0.3 is 9.73 Å². The molecule has 1 N–H and O–H groups in total. The van der Waals surface area contributed by atoms with E-state index in [0.29, 0.717) is 15.6 Å². The lowest BCUT2D eigenvalue weighted by Gasteiger charge is -2.07. The third-order valence-corrected chi connectivity index (χ3v) is 3.32. The maximum Gasteiger partial charge on any atom is 0.154 e. The normalized spacial score (nSPS) is 13.2. The van der Waals surface area contributed by atoms with Crippen LogP contribution in [0.15, 0.2) is 22.6 Å². The van der Waals surface area contributed by atoms with Crippen LogP contribution in [0, 0.1) is 0 Å². The van der Waals surface area contributed by atoms with Gasteiger partial charge in [0.25, 0.3) is 0 Å². The van der Waals surface area contributed by atoms with Crippen LogP contribution in [0.5, 0.6) is 0 Å². The summed E-state index contributed by atoms with van der Waals surface area (Å²) in [6.07, 6.45) is 0. The molecule has 0 bridgehead atoms. The summed E-state index contributed by atoms with van der Waals surface area (Å²) < 4.78 is 5.72. The molecule has 0 aliphatic heterocycles. The van der Waals surface area contributed by atoms with E-state index in [1.165, 1.54) is 0 Å². The quantitative estimate of drug-likeness (QED) is 0.882. The lowest BCUT2D eigenvalue weighted by atomic mass is 10.2. The van der Waals surface area contributed by atoms with Crippen molar-refractivity contribution in [2.45, 2.75) is 19.9 Å². The Hall–Kier alpha value is -0.700. The molecule has 2 rings (SSSR count). The van der Waals surface area contributed by atoms with Gasteiger partial charge >= 0.3 is 0 Å². The molecule has 0 spiro atoms. The van der Waals surface area contributed by atoms with Crippen LogP contribution in [0.2, 0.25) is 10.0 Å². The lowest BCUT2D eigenvalue weighted by molar-refractivity contribution is 0.459. The third-order valence-electron chi connectivity index (χ3n) is 2.54. The van der Waals surface area contributed by atoms with E-state index in [4.69, 9.17) is 27.6 Å². The monoisotopic (exact) mass is 257 g/mol.